The predicted octanol–water partition coefficient (Wildman–Crippen LogP) is 3.19. The van der Waals surface area contributed by atoms with Crippen molar-refractivity contribution in [1.29, 1.82) is 0 Å². The fraction of sp³-hybridized carbons (Fsp3) is 0.786. The molecule has 0 aliphatic carbocycles. The highest BCUT2D eigenvalue weighted by Gasteiger charge is 2.09. The average Bonchev–Trinajstić information content (AvgIpc) is 2.33. The SMILES string of the molecule is CCCCC=C(CCCC)C(=O)OCCCN. The van der Waals surface area contributed by atoms with Gasteiger partial charge in [0, 0.05) is 5.57 Å². The third kappa shape index (κ3) is 8.93. The van der Waals surface area contributed by atoms with Crippen LogP contribution in [0, 0.1) is 0 Å². The molecule has 0 saturated carbocycles. The van der Waals surface area contributed by atoms with Gasteiger partial charge in [0.1, 0.15) is 0 Å². The van der Waals surface area contributed by atoms with Crippen molar-refractivity contribution >= 4 is 5.97 Å². The maximum absolute atomic E-state index is 11.8. The lowest BCUT2D eigenvalue weighted by atomic mass is 10.1. The normalized spacial score (nSPS) is 11.6. The predicted molar refractivity (Wildman–Crippen MR) is 71.8 cm³/mol. The van der Waals surface area contributed by atoms with Crippen LogP contribution in [0.2, 0.25) is 0 Å². The molecule has 0 radical (unpaired) electrons. The highest BCUT2D eigenvalue weighted by Crippen LogP contribution is 2.12. The summed E-state index contributed by atoms with van der Waals surface area (Å²) in [4.78, 5) is 11.8. The van der Waals surface area contributed by atoms with Crippen LogP contribution in [0.25, 0.3) is 0 Å². The van der Waals surface area contributed by atoms with Gasteiger partial charge in [-0.1, -0.05) is 39.2 Å². The van der Waals surface area contributed by atoms with Gasteiger partial charge >= 0.3 is 5.97 Å². The molecule has 0 saturated heterocycles. The van der Waals surface area contributed by atoms with Crippen LogP contribution in [0.3, 0.4) is 0 Å². The van der Waals surface area contributed by atoms with Crippen molar-refractivity contribution in [3.63, 3.8) is 0 Å². The maximum atomic E-state index is 11.8. The number of ether oxygens (including phenoxy) is 1. The molecule has 2 N–H and O–H groups in total. The van der Waals surface area contributed by atoms with Gasteiger partial charge in [0.05, 0.1) is 6.61 Å². The summed E-state index contributed by atoms with van der Waals surface area (Å²) in [5.74, 6) is -0.150. The topological polar surface area (TPSA) is 52.3 Å². The Bertz CT molecular complexity index is 224. The molecular formula is C14H27NO2. The highest BCUT2D eigenvalue weighted by molar-refractivity contribution is 5.88. The first-order chi connectivity index (χ1) is 8.26. The smallest absolute Gasteiger partial charge is 0.333 e. The van der Waals surface area contributed by atoms with E-state index in [1.54, 1.807) is 0 Å². The minimum atomic E-state index is -0.150. The van der Waals surface area contributed by atoms with E-state index in [9.17, 15) is 4.79 Å². The Kier molecular flexibility index (Phi) is 11.1. The number of hydrogen-bond acceptors (Lipinski definition) is 3. The van der Waals surface area contributed by atoms with E-state index >= 15 is 0 Å². The molecule has 0 aromatic heterocycles. The summed E-state index contributed by atoms with van der Waals surface area (Å²) < 4.78 is 5.19. The Morgan fingerprint density at radius 2 is 1.88 bits per heavy atom. The number of nitrogens with two attached hydrogens (primary N) is 1. The molecule has 3 heteroatoms. The average molecular weight is 241 g/mol. The van der Waals surface area contributed by atoms with Crippen LogP contribution in [0.1, 0.15) is 58.8 Å². The lowest BCUT2D eigenvalue weighted by Crippen LogP contribution is -2.12. The molecule has 0 aromatic rings. The first kappa shape index (κ1) is 16.2. The first-order valence-corrected chi connectivity index (χ1v) is 6.82. The molecule has 100 valence electrons. The molecule has 0 fully saturated rings. The zero-order chi connectivity index (χ0) is 12.9. The Hall–Kier alpha value is -0.830. The lowest BCUT2D eigenvalue weighted by Gasteiger charge is -2.07. The van der Waals surface area contributed by atoms with Crippen molar-refractivity contribution in [3.05, 3.63) is 11.6 Å². The first-order valence-electron chi connectivity index (χ1n) is 6.82. The number of hydrogen-bond donors (Lipinski definition) is 1. The van der Waals surface area contributed by atoms with Gasteiger partial charge < -0.3 is 10.5 Å². The highest BCUT2D eigenvalue weighted by atomic mass is 16.5. The molecule has 17 heavy (non-hydrogen) atoms. The zero-order valence-corrected chi connectivity index (χ0v) is 11.3. The van der Waals surface area contributed by atoms with Crippen LogP contribution in [0.15, 0.2) is 11.6 Å². The Labute approximate surface area is 105 Å². The second-order valence-corrected chi connectivity index (χ2v) is 4.25. The van der Waals surface area contributed by atoms with Gasteiger partial charge in [0.25, 0.3) is 0 Å². The monoisotopic (exact) mass is 241 g/mol. The van der Waals surface area contributed by atoms with E-state index in [1.165, 1.54) is 0 Å². The van der Waals surface area contributed by atoms with Crippen molar-refractivity contribution in [2.24, 2.45) is 5.73 Å². The van der Waals surface area contributed by atoms with Crippen LogP contribution in [-0.4, -0.2) is 19.1 Å². The third-order valence-electron chi connectivity index (χ3n) is 2.59. The maximum Gasteiger partial charge on any atom is 0.333 e. The summed E-state index contributed by atoms with van der Waals surface area (Å²) in [7, 11) is 0. The molecule has 3 nitrogen and oxygen atoms in total. The summed E-state index contributed by atoms with van der Waals surface area (Å²) in [6.07, 6.45) is 9.02. The van der Waals surface area contributed by atoms with Crippen LogP contribution < -0.4 is 5.73 Å². The lowest BCUT2D eigenvalue weighted by molar-refractivity contribution is -0.139. The van der Waals surface area contributed by atoms with Crippen LogP contribution >= 0.6 is 0 Å². The van der Waals surface area contributed by atoms with Crippen molar-refractivity contribution in [2.45, 2.75) is 58.8 Å². The second kappa shape index (κ2) is 11.6. The molecule has 0 aliphatic rings. The number of unbranched alkanes of at least 4 members (excludes halogenated alkanes) is 3. The minimum Gasteiger partial charge on any atom is -0.462 e. The fourth-order valence-electron chi connectivity index (χ4n) is 1.48. The van der Waals surface area contributed by atoms with Crippen molar-refractivity contribution in [1.82, 2.24) is 0 Å². The quantitative estimate of drug-likeness (QED) is 0.363. The van der Waals surface area contributed by atoms with Gasteiger partial charge in [0.2, 0.25) is 0 Å². The van der Waals surface area contributed by atoms with Gasteiger partial charge in [-0.25, -0.2) is 4.79 Å². The van der Waals surface area contributed by atoms with Crippen LogP contribution in [-0.2, 0) is 9.53 Å². The second-order valence-electron chi connectivity index (χ2n) is 4.25. The summed E-state index contributed by atoms with van der Waals surface area (Å²) in [5.41, 5.74) is 6.21. The summed E-state index contributed by atoms with van der Waals surface area (Å²) in [5, 5.41) is 0. The molecule has 0 spiro atoms. The van der Waals surface area contributed by atoms with Crippen LogP contribution in [0.4, 0.5) is 0 Å². The van der Waals surface area contributed by atoms with Gasteiger partial charge in [-0.3, -0.25) is 0 Å². The van der Waals surface area contributed by atoms with E-state index < -0.39 is 0 Å². The minimum absolute atomic E-state index is 0.150. The van der Waals surface area contributed by atoms with E-state index in [0.29, 0.717) is 13.2 Å². The molecule has 0 atom stereocenters. The molecular weight excluding hydrogens is 214 g/mol. The molecule has 0 aromatic carbocycles. The van der Waals surface area contributed by atoms with Crippen LogP contribution in [0.5, 0.6) is 0 Å². The van der Waals surface area contributed by atoms with E-state index in [0.717, 1.165) is 50.5 Å². The Balaban J connectivity index is 4.13. The summed E-state index contributed by atoms with van der Waals surface area (Å²) in [6, 6.07) is 0. The van der Waals surface area contributed by atoms with E-state index in [4.69, 9.17) is 10.5 Å². The van der Waals surface area contributed by atoms with Crippen molar-refractivity contribution < 1.29 is 9.53 Å². The number of allylic oxidation sites excluding steroid dienone is 1. The molecule has 0 aliphatic heterocycles. The Morgan fingerprint density at radius 1 is 1.18 bits per heavy atom. The molecule has 0 bridgehead atoms. The van der Waals surface area contributed by atoms with E-state index in [-0.39, 0.29) is 5.97 Å². The summed E-state index contributed by atoms with van der Waals surface area (Å²) >= 11 is 0. The number of carbonyl (C=O) groups excluding carboxylic acids is 1. The standard InChI is InChI=1S/C14H27NO2/c1-3-5-7-10-13(9-6-4-2)14(16)17-12-8-11-15/h10H,3-9,11-12,15H2,1-2H3. The van der Waals surface area contributed by atoms with E-state index in [2.05, 4.69) is 13.8 Å². The number of esters is 1. The Morgan fingerprint density at radius 3 is 2.47 bits per heavy atom. The zero-order valence-electron chi connectivity index (χ0n) is 11.3. The van der Waals surface area contributed by atoms with Gasteiger partial charge in [-0.05, 0) is 32.2 Å². The van der Waals surface area contributed by atoms with Crippen molar-refractivity contribution in [3.8, 4) is 0 Å². The van der Waals surface area contributed by atoms with Gasteiger partial charge in [0.15, 0.2) is 0 Å². The fourth-order valence-corrected chi connectivity index (χ4v) is 1.48. The molecule has 0 amide bonds. The van der Waals surface area contributed by atoms with Gasteiger partial charge in [-0.15, -0.1) is 0 Å². The van der Waals surface area contributed by atoms with E-state index in [1.807, 2.05) is 6.08 Å². The molecule has 0 unspecified atom stereocenters. The summed E-state index contributed by atoms with van der Waals surface area (Å²) in [6.45, 7) is 5.28. The van der Waals surface area contributed by atoms with Gasteiger partial charge in [-0.2, -0.15) is 0 Å². The number of rotatable bonds is 10. The number of carbonyl (C=O) groups is 1. The molecule has 0 heterocycles. The third-order valence-corrected chi connectivity index (χ3v) is 2.59. The largest absolute Gasteiger partial charge is 0.462 e. The van der Waals surface area contributed by atoms with Crippen molar-refractivity contribution in [2.75, 3.05) is 13.2 Å². The molecule has 0 rings (SSSR count).